The van der Waals surface area contributed by atoms with Crippen molar-refractivity contribution >= 4 is 22.6 Å². The van der Waals surface area contributed by atoms with Crippen molar-refractivity contribution in [2.75, 3.05) is 18.4 Å². The van der Waals surface area contributed by atoms with Crippen LogP contribution in [-0.4, -0.2) is 38.7 Å². The van der Waals surface area contributed by atoms with Crippen molar-refractivity contribution in [3.63, 3.8) is 0 Å². The van der Waals surface area contributed by atoms with E-state index >= 15 is 0 Å². The van der Waals surface area contributed by atoms with Gasteiger partial charge in [0.15, 0.2) is 5.82 Å². The van der Waals surface area contributed by atoms with Gasteiger partial charge in [0.2, 0.25) is 5.89 Å². The number of fused-ring (bicyclic) bond motifs is 1. The monoisotopic (exact) mass is 367 g/mol. The summed E-state index contributed by atoms with van der Waals surface area (Å²) in [6, 6.07) is 8.16. The normalized spacial score (nSPS) is 17.4. The Labute approximate surface area is 158 Å². The van der Waals surface area contributed by atoms with Gasteiger partial charge in [-0.05, 0) is 51.0 Å². The summed E-state index contributed by atoms with van der Waals surface area (Å²) in [5.41, 5.74) is 3.24. The Bertz CT molecular complexity index is 974. The van der Waals surface area contributed by atoms with E-state index in [4.69, 9.17) is 4.52 Å². The zero-order valence-corrected chi connectivity index (χ0v) is 16.0. The van der Waals surface area contributed by atoms with Crippen LogP contribution in [0.4, 0.5) is 10.5 Å². The van der Waals surface area contributed by atoms with Gasteiger partial charge >= 0.3 is 6.03 Å². The van der Waals surface area contributed by atoms with Gasteiger partial charge in [-0.3, -0.25) is 0 Å². The lowest BCUT2D eigenvalue weighted by Crippen LogP contribution is -2.41. The van der Waals surface area contributed by atoms with Crippen molar-refractivity contribution in [3.05, 3.63) is 41.7 Å². The molecule has 2 aromatic heterocycles. The lowest BCUT2D eigenvalue weighted by Gasteiger charge is -2.31. The van der Waals surface area contributed by atoms with Crippen molar-refractivity contribution in [3.8, 4) is 0 Å². The fraction of sp³-hybridized carbons (Fsp3) is 0.450. The van der Waals surface area contributed by atoms with E-state index in [1.54, 1.807) is 6.92 Å². The largest absolute Gasteiger partial charge is 0.345 e. The van der Waals surface area contributed by atoms with E-state index in [2.05, 4.69) is 46.0 Å². The molecule has 0 saturated carbocycles. The minimum atomic E-state index is -0.0779. The van der Waals surface area contributed by atoms with Crippen LogP contribution < -0.4 is 5.32 Å². The number of carbonyl (C=O) groups excluding carboxylic acids is 1. The van der Waals surface area contributed by atoms with Crippen LogP contribution in [0.25, 0.3) is 10.9 Å². The topological polar surface area (TPSA) is 76.2 Å². The van der Waals surface area contributed by atoms with Crippen LogP contribution >= 0.6 is 0 Å². The Morgan fingerprint density at radius 3 is 2.93 bits per heavy atom. The van der Waals surface area contributed by atoms with Gasteiger partial charge in [0, 0.05) is 54.8 Å². The number of piperidine rings is 1. The quantitative estimate of drug-likeness (QED) is 0.757. The number of amides is 2. The predicted octanol–water partition coefficient (Wildman–Crippen LogP) is 4.07. The van der Waals surface area contributed by atoms with E-state index in [1.807, 2.05) is 17.0 Å². The SMILES string of the molecule is CCn1c(C)cc2cc(NC(=O)N3CCC[C@@H](c4noc(C)n4)C3)ccc21. The highest BCUT2D eigenvalue weighted by Gasteiger charge is 2.27. The van der Waals surface area contributed by atoms with Gasteiger partial charge in [-0.25, -0.2) is 4.79 Å². The van der Waals surface area contributed by atoms with Crippen LogP contribution in [0.5, 0.6) is 0 Å². The molecule has 7 heteroatoms. The maximum absolute atomic E-state index is 12.8. The molecule has 0 bridgehead atoms. The second-order valence-electron chi connectivity index (χ2n) is 7.19. The molecule has 3 heterocycles. The maximum Gasteiger partial charge on any atom is 0.321 e. The van der Waals surface area contributed by atoms with E-state index < -0.39 is 0 Å². The molecule has 7 nitrogen and oxygen atoms in total. The number of aryl methyl sites for hydroxylation is 3. The number of rotatable bonds is 3. The molecule has 2 amide bonds. The van der Waals surface area contributed by atoms with Crippen LogP contribution in [0.2, 0.25) is 0 Å². The lowest BCUT2D eigenvalue weighted by molar-refractivity contribution is 0.190. The average Bonchev–Trinajstić information content (AvgIpc) is 3.23. The van der Waals surface area contributed by atoms with E-state index in [9.17, 15) is 4.79 Å². The molecule has 1 fully saturated rings. The van der Waals surface area contributed by atoms with Crippen LogP contribution in [0.1, 0.15) is 43.1 Å². The Hall–Kier alpha value is -2.83. The second kappa shape index (κ2) is 7.06. The lowest BCUT2D eigenvalue weighted by atomic mass is 9.98. The molecule has 0 spiro atoms. The number of nitrogens with zero attached hydrogens (tertiary/aromatic N) is 4. The van der Waals surface area contributed by atoms with Gasteiger partial charge in [0.1, 0.15) is 0 Å². The van der Waals surface area contributed by atoms with Crippen LogP contribution in [0, 0.1) is 13.8 Å². The van der Waals surface area contributed by atoms with Crippen LogP contribution in [0.15, 0.2) is 28.8 Å². The Balaban J connectivity index is 1.47. The van der Waals surface area contributed by atoms with Gasteiger partial charge in [0.05, 0.1) is 0 Å². The standard InChI is InChI=1S/C20H25N5O2/c1-4-25-13(2)10-16-11-17(7-8-18(16)25)22-20(26)24-9-5-6-15(12-24)19-21-14(3)27-23-19/h7-8,10-11,15H,4-6,9,12H2,1-3H3,(H,22,26)/t15-/m1/s1. The van der Waals surface area contributed by atoms with Gasteiger partial charge in [-0.2, -0.15) is 4.98 Å². The van der Waals surface area contributed by atoms with Crippen molar-refractivity contribution < 1.29 is 9.32 Å². The summed E-state index contributed by atoms with van der Waals surface area (Å²) >= 11 is 0. The van der Waals surface area contributed by atoms with Gasteiger partial charge < -0.3 is 19.3 Å². The average molecular weight is 367 g/mol. The molecule has 0 aliphatic carbocycles. The third-order valence-corrected chi connectivity index (χ3v) is 5.29. The molecule has 0 unspecified atom stereocenters. The van der Waals surface area contributed by atoms with Crippen LogP contribution in [0.3, 0.4) is 0 Å². The number of urea groups is 1. The first-order valence-electron chi connectivity index (χ1n) is 9.51. The number of anilines is 1. The molecule has 1 saturated heterocycles. The fourth-order valence-electron chi connectivity index (χ4n) is 3.96. The Morgan fingerprint density at radius 1 is 1.33 bits per heavy atom. The first kappa shape index (κ1) is 17.6. The highest BCUT2D eigenvalue weighted by atomic mass is 16.5. The molecule has 1 aliphatic heterocycles. The predicted molar refractivity (Wildman–Crippen MR) is 104 cm³/mol. The summed E-state index contributed by atoms with van der Waals surface area (Å²) in [6.07, 6.45) is 1.90. The van der Waals surface area contributed by atoms with Crippen LogP contribution in [-0.2, 0) is 6.54 Å². The molecule has 4 rings (SSSR count). The zero-order chi connectivity index (χ0) is 19.0. The number of hydrogen-bond donors (Lipinski definition) is 1. The van der Waals surface area contributed by atoms with Crippen molar-refractivity contribution in [2.45, 2.75) is 46.1 Å². The summed E-state index contributed by atoms with van der Waals surface area (Å²) in [4.78, 5) is 18.9. The van der Waals surface area contributed by atoms with Crippen molar-refractivity contribution in [2.24, 2.45) is 0 Å². The van der Waals surface area contributed by atoms with E-state index in [0.29, 0.717) is 18.3 Å². The molecular formula is C20H25N5O2. The highest BCUT2D eigenvalue weighted by Crippen LogP contribution is 2.26. The van der Waals surface area contributed by atoms with E-state index in [-0.39, 0.29) is 11.9 Å². The van der Waals surface area contributed by atoms with Crippen molar-refractivity contribution in [1.29, 1.82) is 0 Å². The van der Waals surface area contributed by atoms with E-state index in [1.165, 1.54) is 11.2 Å². The molecule has 3 aromatic rings. The first-order chi connectivity index (χ1) is 13.0. The Kier molecular flexibility index (Phi) is 4.59. The third kappa shape index (κ3) is 3.41. The van der Waals surface area contributed by atoms with Gasteiger partial charge in [-0.1, -0.05) is 5.16 Å². The van der Waals surface area contributed by atoms with E-state index in [0.717, 1.165) is 37.0 Å². The number of likely N-dealkylation sites (tertiary alicyclic amines) is 1. The van der Waals surface area contributed by atoms with Crippen molar-refractivity contribution in [1.82, 2.24) is 19.6 Å². The molecule has 142 valence electrons. The number of aromatic nitrogens is 3. The molecule has 27 heavy (non-hydrogen) atoms. The summed E-state index contributed by atoms with van der Waals surface area (Å²) in [6.45, 7) is 8.32. The number of carbonyl (C=O) groups is 1. The number of benzene rings is 1. The van der Waals surface area contributed by atoms with Gasteiger partial charge in [0.25, 0.3) is 0 Å². The third-order valence-electron chi connectivity index (χ3n) is 5.29. The molecule has 1 aliphatic rings. The minimum Gasteiger partial charge on any atom is -0.345 e. The fourth-order valence-corrected chi connectivity index (χ4v) is 3.96. The first-order valence-corrected chi connectivity index (χ1v) is 9.51. The maximum atomic E-state index is 12.8. The summed E-state index contributed by atoms with van der Waals surface area (Å²) in [5, 5.41) is 8.21. The Morgan fingerprint density at radius 2 is 2.19 bits per heavy atom. The molecule has 1 N–H and O–H groups in total. The van der Waals surface area contributed by atoms with Gasteiger partial charge in [-0.15, -0.1) is 0 Å². The molecule has 1 atom stereocenters. The zero-order valence-electron chi connectivity index (χ0n) is 16.0. The summed E-state index contributed by atoms with van der Waals surface area (Å²) in [7, 11) is 0. The summed E-state index contributed by atoms with van der Waals surface area (Å²) in [5.74, 6) is 1.39. The molecule has 1 aromatic carbocycles. The number of hydrogen-bond acceptors (Lipinski definition) is 4. The molecular weight excluding hydrogens is 342 g/mol. The molecule has 0 radical (unpaired) electrons. The summed E-state index contributed by atoms with van der Waals surface area (Å²) < 4.78 is 7.36. The minimum absolute atomic E-state index is 0.0779. The highest BCUT2D eigenvalue weighted by molar-refractivity contribution is 5.93. The smallest absolute Gasteiger partial charge is 0.321 e. The number of nitrogens with one attached hydrogen (secondary N) is 1. The second-order valence-corrected chi connectivity index (χ2v) is 7.19.